The predicted molar refractivity (Wildman–Crippen MR) is 133 cm³/mol. The molecule has 7 rings (SSSR count). The number of epoxide rings is 2. The van der Waals surface area contributed by atoms with Gasteiger partial charge < -0.3 is 38.3 Å². The van der Waals surface area contributed by atoms with Gasteiger partial charge in [-0.2, -0.15) is 0 Å². The second kappa shape index (κ2) is 8.59. The van der Waals surface area contributed by atoms with E-state index in [2.05, 4.69) is 19.9 Å². The van der Waals surface area contributed by atoms with Crippen molar-refractivity contribution in [3.63, 3.8) is 0 Å². The minimum atomic E-state index is -1.35. The van der Waals surface area contributed by atoms with E-state index in [9.17, 15) is 14.7 Å². The van der Waals surface area contributed by atoms with Gasteiger partial charge in [-0.3, -0.25) is 0 Å². The number of rotatable bonds is 2. The zero-order valence-electron chi connectivity index (χ0n) is 22.8. The van der Waals surface area contributed by atoms with Gasteiger partial charge in [-0.05, 0) is 33.1 Å². The molecule has 0 radical (unpaired) electrons. The summed E-state index contributed by atoms with van der Waals surface area (Å²) in [5.74, 6) is -2.31. The van der Waals surface area contributed by atoms with Gasteiger partial charge in [0.25, 0.3) is 0 Å². The molecule has 5 fully saturated rings. The number of ether oxygens (including phenoxy) is 7. The van der Waals surface area contributed by atoms with Crippen LogP contribution < -0.4 is 0 Å². The number of hydrogen-bond donors (Lipinski definition) is 1. The van der Waals surface area contributed by atoms with Crippen LogP contribution in [-0.4, -0.2) is 91.0 Å². The van der Waals surface area contributed by atoms with Gasteiger partial charge >= 0.3 is 11.9 Å². The van der Waals surface area contributed by atoms with E-state index in [0.29, 0.717) is 38.9 Å². The van der Waals surface area contributed by atoms with Crippen molar-refractivity contribution in [1.29, 1.82) is 0 Å². The van der Waals surface area contributed by atoms with Crippen LogP contribution in [0.2, 0.25) is 0 Å². The van der Waals surface area contributed by atoms with Gasteiger partial charge in [-0.25, -0.2) is 9.59 Å². The summed E-state index contributed by atoms with van der Waals surface area (Å²) < 4.78 is 42.9. The van der Waals surface area contributed by atoms with Crippen LogP contribution in [0.3, 0.4) is 0 Å². The summed E-state index contributed by atoms with van der Waals surface area (Å²) in [5.41, 5.74) is -1.78. The van der Waals surface area contributed by atoms with Crippen LogP contribution in [0, 0.1) is 10.8 Å². The number of fused-ring (bicyclic) bond motifs is 1. The Balaban J connectivity index is 1.28. The summed E-state index contributed by atoms with van der Waals surface area (Å²) in [4.78, 5) is 26.7. The largest absolute Gasteiger partial charge is 0.463 e. The summed E-state index contributed by atoms with van der Waals surface area (Å²) in [6, 6.07) is 0. The van der Waals surface area contributed by atoms with Crippen molar-refractivity contribution in [2.24, 2.45) is 10.8 Å². The van der Waals surface area contributed by atoms with Crippen molar-refractivity contribution in [2.45, 2.75) is 107 Å². The molecule has 0 amide bonds. The lowest BCUT2D eigenvalue weighted by Crippen LogP contribution is -2.67. The number of carbonyl (C=O) groups excluding carboxylic acids is 2. The summed E-state index contributed by atoms with van der Waals surface area (Å²) in [6.45, 7) is 7.17. The molecule has 1 N–H and O–H groups in total. The second-order valence-electron chi connectivity index (χ2n) is 12.5. The van der Waals surface area contributed by atoms with Gasteiger partial charge in [-0.15, -0.1) is 0 Å². The minimum absolute atomic E-state index is 0.0671. The van der Waals surface area contributed by atoms with E-state index in [1.54, 1.807) is 6.08 Å². The molecule has 10 nitrogen and oxygen atoms in total. The van der Waals surface area contributed by atoms with E-state index in [-0.39, 0.29) is 31.8 Å². The maximum absolute atomic E-state index is 13.6. The normalized spacial score (nSPS) is 52.3. The molecule has 5 aliphatic heterocycles. The Bertz CT molecular complexity index is 1130. The second-order valence-corrected chi connectivity index (χ2v) is 12.5. The van der Waals surface area contributed by atoms with E-state index in [1.165, 1.54) is 11.6 Å². The smallest absolute Gasteiger partial charge is 0.338 e. The Morgan fingerprint density at radius 1 is 1.13 bits per heavy atom. The topological polar surface area (TPSA) is 126 Å². The minimum Gasteiger partial charge on any atom is -0.463 e. The summed E-state index contributed by atoms with van der Waals surface area (Å²) in [5, 5.41) is 11.5. The van der Waals surface area contributed by atoms with Crippen molar-refractivity contribution < 1.29 is 47.9 Å². The molecule has 1 saturated carbocycles. The van der Waals surface area contributed by atoms with Crippen molar-refractivity contribution in [3.05, 3.63) is 23.8 Å². The number of hydrogen-bond acceptors (Lipinski definition) is 10. The van der Waals surface area contributed by atoms with Crippen molar-refractivity contribution in [1.82, 2.24) is 0 Å². The number of aliphatic hydroxyl groups is 1. The summed E-state index contributed by atoms with van der Waals surface area (Å²) in [7, 11) is 0. The molecule has 10 unspecified atom stereocenters. The first-order valence-corrected chi connectivity index (χ1v) is 14.3. The Morgan fingerprint density at radius 2 is 1.95 bits per heavy atom. The van der Waals surface area contributed by atoms with Crippen LogP contribution in [0.1, 0.15) is 59.3 Å². The predicted octanol–water partition coefficient (Wildman–Crippen LogP) is 2.12. The lowest BCUT2D eigenvalue weighted by Gasteiger charge is -2.58. The molecule has 214 valence electrons. The van der Waals surface area contributed by atoms with Gasteiger partial charge in [0.05, 0.1) is 30.8 Å². The lowest BCUT2D eigenvalue weighted by atomic mass is 9.51. The van der Waals surface area contributed by atoms with Crippen LogP contribution in [0.25, 0.3) is 0 Å². The highest BCUT2D eigenvalue weighted by molar-refractivity contribution is 5.82. The van der Waals surface area contributed by atoms with Crippen LogP contribution in [0.5, 0.6) is 0 Å². The zero-order valence-corrected chi connectivity index (χ0v) is 22.8. The quantitative estimate of drug-likeness (QED) is 0.313. The fourth-order valence-corrected chi connectivity index (χ4v) is 8.50. The zero-order chi connectivity index (χ0) is 27.3. The van der Waals surface area contributed by atoms with Gasteiger partial charge in [0.1, 0.15) is 30.0 Å². The molecule has 4 bridgehead atoms. The van der Waals surface area contributed by atoms with Crippen molar-refractivity contribution >= 4 is 11.9 Å². The Morgan fingerprint density at radius 3 is 2.72 bits per heavy atom. The molecular formula is C29H38O10. The van der Waals surface area contributed by atoms with Crippen molar-refractivity contribution in [2.75, 3.05) is 26.4 Å². The van der Waals surface area contributed by atoms with Crippen molar-refractivity contribution in [3.8, 4) is 0 Å². The van der Waals surface area contributed by atoms with E-state index in [0.717, 1.165) is 6.42 Å². The van der Waals surface area contributed by atoms with E-state index < -0.39 is 58.1 Å². The highest BCUT2D eigenvalue weighted by atomic mass is 16.7. The fourth-order valence-electron chi connectivity index (χ4n) is 8.50. The molecular weight excluding hydrogens is 508 g/mol. The molecule has 0 aromatic rings. The third-order valence-electron chi connectivity index (χ3n) is 10.9. The summed E-state index contributed by atoms with van der Waals surface area (Å²) in [6.07, 6.45) is 5.26. The van der Waals surface area contributed by atoms with E-state index in [1.807, 2.05) is 6.92 Å². The molecule has 10 atom stereocenters. The lowest BCUT2D eigenvalue weighted by molar-refractivity contribution is -0.316. The van der Waals surface area contributed by atoms with Crippen LogP contribution >= 0.6 is 0 Å². The molecule has 10 heteroatoms. The molecule has 5 heterocycles. The van der Waals surface area contributed by atoms with Gasteiger partial charge in [0, 0.05) is 37.4 Å². The molecule has 4 saturated heterocycles. The van der Waals surface area contributed by atoms with Gasteiger partial charge in [0.15, 0.2) is 11.9 Å². The monoisotopic (exact) mass is 546 g/mol. The highest BCUT2D eigenvalue weighted by Gasteiger charge is 2.83. The molecule has 2 aliphatic carbocycles. The van der Waals surface area contributed by atoms with Crippen LogP contribution in [0.4, 0.5) is 0 Å². The molecule has 0 aromatic heterocycles. The maximum atomic E-state index is 13.6. The highest BCUT2D eigenvalue weighted by Crippen LogP contribution is 2.72. The van der Waals surface area contributed by atoms with Crippen LogP contribution in [0.15, 0.2) is 23.8 Å². The first kappa shape index (κ1) is 26.1. The number of carbonyl (C=O) groups is 2. The molecule has 0 aromatic carbocycles. The third kappa shape index (κ3) is 3.36. The van der Waals surface area contributed by atoms with E-state index in [4.69, 9.17) is 33.2 Å². The number of allylic oxidation sites excluding steroid dienone is 2. The average Bonchev–Trinajstić information content (AvgIpc) is 3.82. The Kier molecular flexibility index (Phi) is 5.75. The maximum Gasteiger partial charge on any atom is 0.338 e. The SMILES string of the molecule is CCOC12CCC=CC(=O)OC3CC4OC5C=C(C)CCC5(COC(=O)C5OC5(CCO1)C2O)C3(C)C41CO1. The average molecular weight is 547 g/mol. The Labute approximate surface area is 227 Å². The standard InChI is InChI=1S/C29H38O10/c1-4-34-29-9-6-5-7-21(30)38-18-14-20-28(16-36-28)25(18,3)26(10-8-17(2)13-19(26)37-20)15-33-23(31)22-27(39-22,24(29)32)11-12-35-29/h5,7,13,18-20,22,24,32H,4,6,8-12,14-16H2,1-3H3. The Hall–Kier alpha value is -1.82. The molecule has 3 spiro atoms. The first-order valence-electron chi connectivity index (χ1n) is 14.3. The number of esters is 2. The van der Waals surface area contributed by atoms with Gasteiger partial charge in [0.2, 0.25) is 0 Å². The van der Waals surface area contributed by atoms with Gasteiger partial charge in [-0.1, -0.05) is 24.6 Å². The van der Waals surface area contributed by atoms with E-state index >= 15 is 0 Å². The number of aliphatic hydroxyl groups excluding tert-OH is 1. The summed E-state index contributed by atoms with van der Waals surface area (Å²) >= 11 is 0. The van der Waals surface area contributed by atoms with Crippen LogP contribution in [-0.2, 0) is 42.7 Å². The fraction of sp³-hybridized carbons (Fsp3) is 0.793. The molecule has 7 aliphatic rings. The molecule has 39 heavy (non-hydrogen) atoms. The first-order chi connectivity index (χ1) is 18.7. The third-order valence-corrected chi connectivity index (χ3v) is 10.9. The number of cyclic esters (lactones) is 1.